The number of rotatable bonds is 5. The second kappa shape index (κ2) is 7.66. The van der Waals surface area contributed by atoms with E-state index in [0.29, 0.717) is 28.8 Å². The highest BCUT2D eigenvalue weighted by molar-refractivity contribution is 6.35. The van der Waals surface area contributed by atoms with Crippen LogP contribution in [-0.4, -0.2) is 5.91 Å². The van der Waals surface area contributed by atoms with Crippen LogP contribution in [0.2, 0.25) is 10.0 Å². The zero-order valence-corrected chi connectivity index (χ0v) is 14.2. The normalized spacial score (nSPS) is 10.8. The number of aryl methyl sites for hydroxylation is 1. The quantitative estimate of drug-likeness (QED) is 0.747. The summed E-state index contributed by atoms with van der Waals surface area (Å²) >= 11 is 12.0. The third-order valence-electron chi connectivity index (χ3n) is 3.50. The molecule has 22 heavy (non-hydrogen) atoms. The van der Waals surface area contributed by atoms with E-state index in [4.69, 9.17) is 23.2 Å². The summed E-state index contributed by atoms with van der Waals surface area (Å²) < 4.78 is 0. The van der Waals surface area contributed by atoms with Gasteiger partial charge in [-0.15, -0.1) is 0 Å². The summed E-state index contributed by atoms with van der Waals surface area (Å²) in [7, 11) is 0. The van der Waals surface area contributed by atoms with Crippen LogP contribution in [0.4, 0.5) is 5.69 Å². The Balaban J connectivity index is 1.90. The van der Waals surface area contributed by atoms with E-state index in [2.05, 4.69) is 19.2 Å². The van der Waals surface area contributed by atoms with Gasteiger partial charge in [-0.1, -0.05) is 55.2 Å². The molecule has 0 heterocycles. The Morgan fingerprint density at radius 3 is 2.36 bits per heavy atom. The van der Waals surface area contributed by atoms with Gasteiger partial charge in [-0.05, 0) is 47.7 Å². The van der Waals surface area contributed by atoms with Gasteiger partial charge in [0.05, 0.1) is 0 Å². The maximum absolute atomic E-state index is 12.0. The molecule has 0 fully saturated rings. The molecule has 0 aromatic heterocycles. The largest absolute Gasteiger partial charge is 0.326 e. The van der Waals surface area contributed by atoms with E-state index in [1.54, 1.807) is 12.1 Å². The van der Waals surface area contributed by atoms with E-state index in [0.717, 1.165) is 11.3 Å². The summed E-state index contributed by atoms with van der Waals surface area (Å²) in [5.74, 6) is 0.458. The van der Waals surface area contributed by atoms with Crippen molar-refractivity contribution in [1.29, 1.82) is 0 Å². The van der Waals surface area contributed by atoms with Crippen LogP contribution in [-0.2, 0) is 11.2 Å². The molecule has 0 aliphatic carbocycles. The summed E-state index contributed by atoms with van der Waals surface area (Å²) in [6.07, 6.45) is 0.971. The lowest BCUT2D eigenvalue weighted by molar-refractivity contribution is -0.116. The van der Waals surface area contributed by atoms with Gasteiger partial charge >= 0.3 is 0 Å². The molecule has 2 rings (SSSR count). The van der Waals surface area contributed by atoms with Crippen molar-refractivity contribution in [2.45, 2.75) is 32.6 Å². The van der Waals surface area contributed by atoms with Crippen molar-refractivity contribution in [3.63, 3.8) is 0 Å². The zero-order chi connectivity index (χ0) is 16.1. The highest BCUT2D eigenvalue weighted by atomic mass is 35.5. The van der Waals surface area contributed by atoms with E-state index >= 15 is 0 Å². The van der Waals surface area contributed by atoms with E-state index in [1.807, 2.05) is 30.3 Å². The van der Waals surface area contributed by atoms with Crippen LogP contribution in [0.15, 0.2) is 42.5 Å². The number of anilines is 1. The number of carbonyl (C=O) groups is 1. The van der Waals surface area contributed by atoms with Crippen molar-refractivity contribution in [2.24, 2.45) is 0 Å². The molecule has 116 valence electrons. The molecule has 2 aromatic rings. The van der Waals surface area contributed by atoms with Gasteiger partial charge in [0.15, 0.2) is 0 Å². The fourth-order valence-corrected chi connectivity index (χ4v) is 2.65. The summed E-state index contributed by atoms with van der Waals surface area (Å²) in [4.78, 5) is 12.0. The third-order valence-corrected chi connectivity index (χ3v) is 4.08. The molecule has 0 spiro atoms. The Labute approximate surface area is 141 Å². The predicted molar refractivity (Wildman–Crippen MR) is 93.9 cm³/mol. The van der Waals surface area contributed by atoms with Gasteiger partial charge in [0.25, 0.3) is 0 Å². The third kappa shape index (κ3) is 4.75. The van der Waals surface area contributed by atoms with Crippen LogP contribution >= 0.6 is 23.2 Å². The first-order chi connectivity index (χ1) is 10.5. The average Bonchev–Trinajstić information content (AvgIpc) is 2.47. The highest BCUT2D eigenvalue weighted by Crippen LogP contribution is 2.22. The van der Waals surface area contributed by atoms with Crippen molar-refractivity contribution in [2.75, 3.05) is 5.32 Å². The topological polar surface area (TPSA) is 29.1 Å². The molecule has 2 nitrogen and oxygen atoms in total. The first-order valence-electron chi connectivity index (χ1n) is 7.29. The van der Waals surface area contributed by atoms with Gasteiger partial charge in [-0.2, -0.15) is 0 Å². The van der Waals surface area contributed by atoms with Crippen LogP contribution in [0.5, 0.6) is 0 Å². The predicted octanol–water partition coefficient (Wildman–Crippen LogP) is 5.69. The van der Waals surface area contributed by atoms with Crippen molar-refractivity contribution in [1.82, 2.24) is 0 Å². The molecule has 0 bridgehead atoms. The first kappa shape index (κ1) is 16.9. The molecule has 0 aliphatic heterocycles. The van der Waals surface area contributed by atoms with Crippen LogP contribution in [0.1, 0.15) is 37.3 Å². The Morgan fingerprint density at radius 2 is 1.77 bits per heavy atom. The molecule has 0 saturated heterocycles. The molecular weight excluding hydrogens is 317 g/mol. The number of amides is 1. The minimum atomic E-state index is -0.0247. The van der Waals surface area contributed by atoms with Crippen LogP contribution in [0.3, 0.4) is 0 Å². The number of halogens is 2. The Kier molecular flexibility index (Phi) is 5.87. The van der Waals surface area contributed by atoms with E-state index in [9.17, 15) is 4.79 Å². The maximum Gasteiger partial charge on any atom is 0.224 e. The Morgan fingerprint density at radius 1 is 1.09 bits per heavy atom. The second-order valence-electron chi connectivity index (χ2n) is 5.56. The standard InChI is InChI=1S/C18H19Cl2NO/c1-12(2)13-4-8-16(9-5-13)21-18(22)10-6-14-3-7-15(19)11-17(14)20/h3-5,7-9,11-12H,6,10H2,1-2H3,(H,21,22). The average molecular weight is 336 g/mol. The summed E-state index contributed by atoms with van der Waals surface area (Å²) in [5.41, 5.74) is 3.00. The first-order valence-corrected chi connectivity index (χ1v) is 8.05. The summed E-state index contributed by atoms with van der Waals surface area (Å²) in [6, 6.07) is 13.3. The van der Waals surface area contributed by atoms with Crippen molar-refractivity contribution in [3.05, 3.63) is 63.6 Å². The van der Waals surface area contributed by atoms with E-state index in [-0.39, 0.29) is 5.91 Å². The number of carbonyl (C=O) groups excluding carboxylic acids is 1. The van der Waals surface area contributed by atoms with Gasteiger partial charge < -0.3 is 5.32 Å². The molecule has 0 atom stereocenters. The lowest BCUT2D eigenvalue weighted by Crippen LogP contribution is -2.12. The fraction of sp³-hybridized carbons (Fsp3) is 0.278. The Bertz CT molecular complexity index is 651. The second-order valence-corrected chi connectivity index (χ2v) is 6.40. The van der Waals surface area contributed by atoms with Crippen molar-refractivity contribution in [3.8, 4) is 0 Å². The highest BCUT2D eigenvalue weighted by Gasteiger charge is 2.07. The van der Waals surface area contributed by atoms with Crippen molar-refractivity contribution >= 4 is 34.8 Å². The monoisotopic (exact) mass is 335 g/mol. The SMILES string of the molecule is CC(C)c1ccc(NC(=O)CCc2ccc(Cl)cc2Cl)cc1. The van der Waals surface area contributed by atoms with Crippen molar-refractivity contribution < 1.29 is 4.79 Å². The van der Waals surface area contributed by atoms with Gasteiger partial charge in [0.1, 0.15) is 0 Å². The molecule has 1 amide bonds. The number of hydrogen-bond acceptors (Lipinski definition) is 1. The molecule has 0 aliphatic rings. The van der Waals surface area contributed by atoms with Gasteiger partial charge in [-0.25, -0.2) is 0 Å². The lowest BCUT2D eigenvalue weighted by Gasteiger charge is -2.09. The Hall–Kier alpha value is -1.51. The van der Waals surface area contributed by atoms with Gasteiger partial charge in [0, 0.05) is 22.2 Å². The lowest BCUT2D eigenvalue weighted by atomic mass is 10.0. The number of benzene rings is 2. The maximum atomic E-state index is 12.0. The van der Waals surface area contributed by atoms with E-state index < -0.39 is 0 Å². The van der Waals surface area contributed by atoms with Crippen LogP contribution in [0.25, 0.3) is 0 Å². The smallest absolute Gasteiger partial charge is 0.224 e. The molecule has 0 radical (unpaired) electrons. The molecule has 0 unspecified atom stereocenters. The zero-order valence-electron chi connectivity index (χ0n) is 12.7. The minimum absolute atomic E-state index is 0.0247. The van der Waals surface area contributed by atoms with Gasteiger partial charge in [0.2, 0.25) is 5.91 Å². The molecule has 0 saturated carbocycles. The molecular formula is C18H19Cl2NO. The van der Waals surface area contributed by atoms with E-state index in [1.165, 1.54) is 5.56 Å². The van der Waals surface area contributed by atoms with Gasteiger partial charge in [-0.3, -0.25) is 4.79 Å². The minimum Gasteiger partial charge on any atom is -0.326 e. The number of nitrogens with one attached hydrogen (secondary N) is 1. The fourth-order valence-electron chi connectivity index (χ4n) is 2.15. The number of hydrogen-bond donors (Lipinski definition) is 1. The molecule has 4 heteroatoms. The van der Waals surface area contributed by atoms with Crippen LogP contribution < -0.4 is 5.32 Å². The summed E-state index contributed by atoms with van der Waals surface area (Å²) in [5, 5.41) is 4.10. The molecule has 2 aromatic carbocycles. The summed E-state index contributed by atoms with van der Waals surface area (Å²) in [6.45, 7) is 4.28. The molecule has 1 N–H and O–H groups in total. The van der Waals surface area contributed by atoms with Crippen LogP contribution in [0, 0.1) is 0 Å².